The van der Waals surface area contributed by atoms with Gasteiger partial charge in [0.25, 0.3) is 0 Å². The quantitative estimate of drug-likeness (QED) is 0.738. The third-order valence-corrected chi connectivity index (χ3v) is 4.71. The van der Waals surface area contributed by atoms with Crippen molar-refractivity contribution in [2.75, 3.05) is 31.1 Å². The number of aryl methyl sites for hydroxylation is 2. The van der Waals surface area contributed by atoms with Crippen molar-refractivity contribution in [2.24, 2.45) is 7.05 Å². The van der Waals surface area contributed by atoms with Crippen LogP contribution in [0, 0.1) is 6.92 Å². The summed E-state index contributed by atoms with van der Waals surface area (Å²) in [7, 11) is 1.92. The van der Waals surface area contributed by atoms with E-state index in [2.05, 4.69) is 56.1 Å². The van der Waals surface area contributed by atoms with Gasteiger partial charge in [-0.2, -0.15) is 5.10 Å². The fourth-order valence-corrected chi connectivity index (χ4v) is 3.27. The largest absolute Gasteiger partial charge is 0.353 e. The third kappa shape index (κ3) is 2.85. The summed E-state index contributed by atoms with van der Waals surface area (Å²) >= 11 is 0. The molecule has 124 valence electrons. The lowest BCUT2D eigenvalue weighted by Gasteiger charge is -2.35. The van der Waals surface area contributed by atoms with E-state index in [1.807, 2.05) is 13.2 Å². The minimum absolute atomic E-state index is 0.891. The molecular weight excluding hydrogens is 300 g/mol. The minimum Gasteiger partial charge on any atom is -0.353 e. The summed E-state index contributed by atoms with van der Waals surface area (Å²) in [4.78, 5) is 13.7. The highest BCUT2D eigenvalue weighted by Crippen LogP contribution is 2.23. The zero-order chi connectivity index (χ0) is 16.5. The molecule has 0 amide bonds. The smallest absolute Gasteiger partial charge is 0.163 e. The second-order valence-electron chi connectivity index (χ2n) is 6.45. The Morgan fingerprint density at radius 1 is 1.00 bits per heavy atom. The second kappa shape index (κ2) is 6.20. The van der Waals surface area contributed by atoms with Crippen molar-refractivity contribution in [3.05, 3.63) is 47.9 Å². The maximum atomic E-state index is 4.51. The zero-order valence-corrected chi connectivity index (χ0v) is 14.2. The number of aromatic nitrogens is 4. The van der Waals surface area contributed by atoms with Gasteiger partial charge in [-0.1, -0.05) is 29.8 Å². The molecule has 0 spiro atoms. The number of anilines is 1. The number of benzene rings is 1. The van der Waals surface area contributed by atoms with E-state index in [0.29, 0.717) is 0 Å². The highest BCUT2D eigenvalue weighted by molar-refractivity contribution is 5.86. The lowest BCUT2D eigenvalue weighted by atomic mass is 10.1. The number of hydrogen-bond acceptors (Lipinski definition) is 5. The van der Waals surface area contributed by atoms with Gasteiger partial charge in [0.1, 0.15) is 12.1 Å². The Kier molecular flexibility index (Phi) is 3.90. The maximum Gasteiger partial charge on any atom is 0.163 e. The van der Waals surface area contributed by atoms with E-state index in [9.17, 15) is 0 Å². The molecule has 3 heterocycles. The molecule has 1 saturated heterocycles. The zero-order valence-electron chi connectivity index (χ0n) is 14.2. The Labute approximate surface area is 141 Å². The van der Waals surface area contributed by atoms with Gasteiger partial charge in [-0.3, -0.25) is 9.58 Å². The van der Waals surface area contributed by atoms with Gasteiger partial charge in [0.05, 0.1) is 11.6 Å². The van der Waals surface area contributed by atoms with Crippen LogP contribution in [0.3, 0.4) is 0 Å². The average molecular weight is 322 g/mol. The lowest BCUT2D eigenvalue weighted by Crippen LogP contribution is -2.46. The summed E-state index contributed by atoms with van der Waals surface area (Å²) in [6.07, 6.45) is 3.50. The first kappa shape index (κ1) is 15.1. The van der Waals surface area contributed by atoms with E-state index in [0.717, 1.165) is 49.6 Å². The predicted molar refractivity (Wildman–Crippen MR) is 95.0 cm³/mol. The highest BCUT2D eigenvalue weighted by atomic mass is 15.3. The van der Waals surface area contributed by atoms with Gasteiger partial charge >= 0.3 is 0 Å². The molecule has 1 aliphatic heterocycles. The molecule has 0 atom stereocenters. The molecular formula is C18H22N6. The first-order chi connectivity index (χ1) is 11.7. The fraction of sp³-hybridized carbons (Fsp3) is 0.389. The molecule has 24 heavy (non-hydrogen) atoms. The Hall–Kier alpha value is -2.47. The average Bonchev–Trinajstić information content (AvgIpc) is 2.99. The highest BCUT2D eigenvalue weighted by Gasteiger charge is 2.20. The summed E-state index contributed by atoms with van der Waals surface area (Å²) in [5, 5.41) is 5.34. The van der Waals surface area contributed by atoms with Gasteiger partial charge in [-0.15, -0.1) is 0 Å². The van der Waals surface area contributed by atoms with Crippen molar-refractivity contribution in [2.45, 2.75) is 13.5 Å². The first-order valence-electron chi connectivity index (χ1n) is 8.36. The Balaban J connectivity index is 1.44. The van der Waals surface area contributed by atoms with Gasteiger partial charge in [-0.25, -0.2) is 9.97 Å². The predicted octanol–water partition coefficient (Wildman–Crippen LogP) is 1.99. The SMILES string of the molecule is Cc1ccc(CN2CCN(c3ncnc4c3cnn4C)CC2)cc1. The van der Waals surface area contributed by atoms with Crippen LogP contribution in [-0.2, 0) is 13.6 Å². The number of hydrogen-bond donors (Lipinski definition) is 0. The standard InChI is InChI=1S/C18H22N6/c1-14-3-5-15(6-4-14)12-23-7-9-24(10-8-23)18-16-11-21-22(2)17(16)19-13-20-18/h3-6,11,13H,7-10,12H2,1-2H3. The minimum atomic E-state index is 0.891. The number of rotatable bonds is 3. The molecule has 3 aromatic rings. The molecule has 0 saturated carbocycles. The van der Waals surface area contributed by atoms with E-state index < -0.39 is 0 Å². The molecule has 0 bridgehead atoms. The van der Waals surface area contributed by atoms with Crippen LogP contribution < -0.4 is 4.90 Å². The van der Waals surface area contributed by atoms with Crippen LogP contribution >= 0.6 is 0 Å². The van der Waals surface area contributed by atoms with Gasteiger partial charge in [0, 0.05) is 39.8 Å². The molecule has 6 nitrogen and oxygen atoms in total. The van der Waals surface area contributed by atoms with Crippen LogP contribution in [0.25, 0.3) is 11.0 Å². The summed E-state index contributed by atoms with van der Waals surface area (Å²) in [6, 6.07) is 8.83. The van der Waals surface area contributed by atoms with Crippen LogP contribution in [0.15, 0.2) is 36.8 Å². The van der Waals surface area contributed by atoms with Crippen molar-refractivity contribution >= 4 is 16.9 Å². The van der Waals surface area contributed by atoms with Crippen LogP contribution in [-0.4, -0.2) is 50.8 Å². The fourth-order valence-electron chi connectivity index (χ4n) is 3.27. The monoisotopic (exact) mass is 322 g/mol. The Morgan fingerprint density at radius 3 is 2.50 bits per heavy atom. The van der Waals surface area contributed by atoms with E-state index >= 15 is 0 Å². The lowest BCUT2D eigenvalue weighted by molar-refractivity contribution is 0.249. The van der Waals surface area contributed by atoms with Crippen molar-refractivity contribution < 1.29 is 0 Å². The van der Waals surface area contributed by atoms with Crippen molar-refractivity contribution in [1.29, 1.82) is 0 Å². The summed E-state index contributed by atoms with van der Waals surface area (Å²) in [5.41, 5.74) is 3.58. The van der Waals surface area contributed by atoms with Gasteiger partial charge in [0.15, 0.2) is 5.65 Å². The molecule has 2 aromatic heterocycles. The van der Waals surface area contributed by atoms with Crippen LogP contribution in [0.2, 0.25) is 0 Å². The molecule has 0 radical (unpaired) electrons. The summed E-state index contributed by atoms with van der Waals surface area (Å²) in [5.74, 6) is 1.00. The number of fused-ring (bicyclic) bond motifs is 1. The third-order valence-electron chi connectivity index (χ3n) is 4.71. The molecule has 1 aliphatic rings. The molecule has 1 aromatic carbocycles. The van der Waals surface area contributed by atoms with Gasteiger partial charge in [0.2, 0.25) is 0 Å². The number of piperazine rings is 1. The summed E-state index contributed by atoms with van der Waals surface area (Å²) in [6.45, 7) is 7.18. The van der Waals surface area contributed by atoms with Gasteiger partial charge < -0.3 is 4.90 Å². The second-order valence-corrected chi connectivity index (χ2v) is 6.45. The molecule has 0 N–H and O–H groups in total. The first-order valence-corrected chi connectivity index (χ1v) is 8.36. The van der Waals surface area contributed by atoms with Crippen LogP contribution in [0.4, 0.5) is 5.82 Å². The molecule has 6 heteroatoms. The van der Waals surface area contributed by atoms with Crippen molar-refractivity contribution in [1.82, 2.24) is 24.6 Å². The van der Waals surface area contributed by atoms with Crippen molar-refractivity contribution in [3.8, 4) is 0 Å². The van der Waals surface area contributed by atoms with Crippen LogP contribution in [0.5, 0.6) is 0 Å². The summed E-state index contributed by atoms with van der Waals surface area (Å²) < 4.78 is 1.80. The Bertz CT molecular complexity index is 830. The van der Waals surface area contributed by atoms with E-state index in [1.54, 1.807) is 11.0 Å². The maximum absolute atomic E-state index is 4.51. The topological polar surface area (TPSA) is 50.1 Å². The van der Waals surface area contributed by atoms with Gasteiger partial charge in [-0.05, 0) is 12.5 Å². The van der Waals surface area contributed by atoms with E-state index in [4.69, 9.17) is 0 Å². The normalized spacial score (nSPS) is 16.0. The van der Waals surface area contributed by atoms with E-state index in [-0.39, 0.29) is 0 Å². The molecule has 0 unspecified atom stereocenters. The number of nitrogens with zero attached hydrogens (tertiary/aromatic N) is 6. The molecule has 1 fully saturated rings. The molecule has 0 aliphatic carbocycles. The van der Waals surface area contributed by atoms with Crippen molar-refractivity contribution in [3.63, 3.8) is 0 Å². The molecule has 4 rings (SSSR count). The van der Waals surface area contributed by atoms with E-state index in [1.165, 1.54) is 11.1 Å². The van der Waals surface area contributed by atoms with Crippen LogP contribution in [0.1, 0.15) is 11.1 Å². The Morgan fingerprint density at radius 2 is 1.75 bits per heavy atom.